The first-order chi connectivity index (χ1) is 8.24. The van der Waals surface area contributed by atoms with E-state index in [0.29, 0.717) is 6.54 Å². The zero-order valence-electron chi connectivity index (χ0n) is 10.2. The molecule has 2 N–H and O–H groups in total. The third-order valence-electron chi connectivity index (χ3n) is 2.77. The van der Waals surface area contributed by atoms with Crippen LogP contribution in [0.4, 0.5) is 10.8 Å². The van der Waals surface area contributed by atoms with Gasteiger partial charge in [-0.05, 0) is 24.1 Å². The molecule has 0 bridgehead atoms. The molecule has 0 fully saturated rings. The smallest absolute Gasteiger partial charge is 0.189 e. The topological polar surface area (TPSA) is 42.2 Å². The van der Waals surface area contributed by atoms with Gasteiger partial charge in [0, 0.05) is 24.7 Å². The molecule has 0 aliphatic rings. The van der Waals surface area contributed by atoms with Gasteiger partial charge in [0.1, 0.15) is 0 Å². The Morgan fingerprint density at radius 2 is 2.00 bits per heavy atom. The van der Waals surface area contributed by atoms with Gasteiger partial charge in [-0.1, -0.05) is 19.1 Å². The van der Waals surface area contributed by atoms with Crippen LogP contribution in [0.15, 0.2) is 29.6 Å². The van der Waals surface area contributed by atoms with Crippen molar-refractivity contribution in [3.8, 4) is 0 Å². The summed E-state index contributed by atoms with van der Waals surface area (Å²) in [6.45, 7) is 2.66. The average molecular weight is 247 g/mol. The highest BCUT2D eigenvalue weighted by Gasteiger charge is 2.08. The molecule has 2 rings (SSSR count). The van der Waals surface area contributed by atoms with Gasteiger partial charge in [0.25, 0.3) is 0 Å². The van der Waals surface area contributed by atoms with Gasteiger partial charge in [-0.25, -0.2) is 4.98 Å². The van der Waals surface area contributed by atoms with Crippen molar-refractivity contribution >= 4 is 22.2 Å². The number of hydrogen-bond acceptors (Lipinski definition) is 4. The van der Waals surface area contributed by atoms with Gasteiger partial charge in [-0.2, -0.15) is 0 Å². The first-order valence-electron chi connectivity index (χ1n) is 5.71. The monoisotopic (exact) mass is 247 g/mol. The van der Waals surface area contributed by atoms with Gasteiger partial charge in [-0.15, -0.1) is 11.3 Å². The molecule has 1 aromatic heterocycles. The minimum Gasteiger partial charge on any atom is -0.325 e. The van der Waals surface area contributed by atoms with Crippen LogP contribution in [0.5, 0.6) is 0 Å². The molecular formula is C13H17N3S. The van der Waals surface area contributed by atoms with Gasteiger partial charge < -0.3 is 10.6 Å². The number of thiazole rings is 1. The summed E-state index contributed by atoms with van der Waals surface area (Å²) < 4.78 is 0. The van der Waals surface area contributed by atoms with E-state index in [1.807, 2.05) is 12.4 Å². The van der Waals surface area contributed by atoms with Gasteiger partial charge in [0.05, 0.1) is 5.69 Å². The number of benzene rings is 1. The molecule has 90 valence electrons. The molecule has 2 aromatic rings. The van der Waals surface area contributed by atoms with Crippen molar-refractivity contribution in [2.75, 3.05) is 11.9 Å². The Morgan fingerprint density at radius 3 is 2.53 bits per heavy atom. The fraction of sp³-hybridized carbons (Fsp3) is 0.308. The minimum atomic E-state index is 0.499. The van der Waals surface area contributed by atoms with Crippen molar-refractivity contribution in [2.24, 2.45) is 5.73 Å². The van der Waals surface area contributed by atoms with E-state index in [9.17, 15) is 0 Å². The average Bonchev–Trinajstić information content (AvgIpc) is 2.87. The maximum Gasteiger partial charge on any atom is 0.189 e. The fourth-order valence-electron chi connectivity index (χ4n) is 1.61. The number of nitrogens with zero attached hydrogens (tertiary/aromatic N) is 2. The van der Waals surface area contributed by atoms with Crippen molar-refractivity contribution in [2.45, 2.75) is 19.9 Å². The van der Waals surface area contributed by atoms with E-state index in [0.717, 1.165) is 22.9 Å². The molecule has 3 nitrogen and oxygen atoms in total. The Kier molecular flexibility index (Phi) is 3.76. The van der Waals surface area contributed by atoms with Crippen LogP contribution in [0.25, 0.3) is 0 Å². The van der Waals surface area contributed by atoms with E-state index >= 15 is 0 Å². The Balaban J connectivity index is 2.20. The molecule has 4 heteroatoms. The Bertz CT molecular complexity index is 476. The molecule has 1 heterocycles. The molecule has 0 aliphatic carbocycles. The summed E-state index contributed by atoms with van der Waals surface area (Å²) in [7, 11) is 2.03. The summed E-state index contributed by atoms with van der Waals surface area (Å²) in [6.07, 6.45) is 1.07. The maximum absolute atomic E-state index is 5.57. The molecule has 0 aliphatic heterocycles. The van der Waals surface area contributed by atoms with Crippen LogP contribution in [0.3, 0.4) is 0 Å². The number of rotatable bonds is 4. The highest BCUT2D eigenvalue weighted by Crippen LogP contribution is 2.26. The van der Waals surface area contributed by atoms with Crippen molar-refractivity contribution in [1.82, 2.24) is 4.98 Å². The largest absolute Gasteiger partial charge is 0.325 e. The predicted octanol–water partition coefficient (Wildman–Crippen LogP) is 2.93. The lowest BCUT2D eigenvalue weighted by atomic mass is 10.1. The molecule has 0 radical (unpaired) electrons. The van der Waals surface area contributed by atoms with Crippen molar-refractivity contribution in [3.05, 3.63) is 40.9 Å². The Hall–Kier alpha value is -1.39. The first-order valence-corrected chi connectivity index (χ1v) is 6.59. The predicted molar refractivity (Wildman–Crippen MR) is 73.9 cm³/mol. The molecule has 0 spiro atoms. The van der Waals surface area contributed by atoms with Gasteiger partial charge in [0.15, 0.2) is 5.13 Å². The van der Waals surface area contributed by atoms with Crippen LogP contribution in [0.1, 0.15) is 18.2 Å². The van der Waals surface area contributed by atoms with E-state index in [4.69, 9.17) is 5.73 Å². The van der Waals surface area contributed by atoms with Crippen molar-refractivity contribution in [1.29, 1.82) is 0 Å². The highest BCUT2D eigenvalue weighted by atomic mass is 32.1. The molecule has 0 saturated carbocycles. The number of aromatic nitrogens is 1. The number of hydrogen-bond donors (Lipinski definition) is 1. The van der Waals surface area contributed by atoms with E-state index < -0.39 is 0 Å². The van der Waals surface area contributed by atoms with Crippen LogP contribution in [0.2, 0.25) is 0 Å². The summed E-state index contributed by atoms with van der Waals surface area (Å²) in [5.74, 6) is 0. The quantitative estimate of drug-likeness (QED) is 0.903. The van der Waals surface area contributed by atoms with Gasteiger partial charge in [-0.3, -0.25) is 0 Å². The third kappa shape index (κ3) is 2.65. The summed E-state index contributed by atoms with van der Waals surface area (Å²) in [4.78, 5) is 6.55. The highest BCUT2D eigenvalue weighted by molar-refractivity contribution is 7.13. The third-order valence-corrected chi connectivity index (χ3v) is 3.73. The summed E-state index contributed by atoms with van der Waals surface area (Å²) in [5, 5.41) is 2.99. The van der Waals surface area contributed by atoms with Crippen LogP contribution >= 0.6 is 11.3 Å². The molecule has 17 heavy (non-hydrogen) atoms. The standard InChI is InChI=1S/C13H17N3S/c1-3-10-4-6-12(7-5-10)16(2)13-15-11(8-14)9-17-13/h4-7,9H,3,8,14H2,1-2H3. The first kappa shape index (κ1) is 12.1. The lowest BCUT2D eigenvalue weighted by Gasteiger charge is -2.16. The summed E-state index contributed by atoms with van der Waals surface area (Å²) in [5.41, 5.74) is 9.02. The minimum absolute atomic E-state index is 0.499. The lowest BCUT2D eigenvalue weighted by Crippen LogP contribution is -2.09. The second-order valence-electron chi connectivity index (χ2n) is 3.90. The second kappa shape index (κ2) is 5.29. The number of anilines is 2. The number of aryl methyl sites for hydroxylation is 1. The SMILES string of the molecule is CCc1ccc(N(C)c2nc(CN)cs2)cc1. The summed E-state index contributed by atoms with van der Waals surface area (Å²) >= 11 is 1.62. The van der Waals surface area contributed by atoms with Crippen LogP contribution in [-0.2, 0) is 13.0 Å². The van der Waals surface area contributed by atoms with Gasteiger partial charge in [0.2, 0.25) is 0 Å². The lowest BCUT2D eigenvalue weighted by molar-refractivity contribution is 1.000. The van der Waals surface area contributed by atoms with E-state index in [-0.39, 0.29) is 0 Å². The molecule has 0 amide bonds. The van der Waals surface area contributed by atoms with Crippen LogP contribution in [-0.4, -0.2) is 12.0 Å². The molecule has 0 unspecified atom stereocenters. The summed E-state index contributed by atoms with van der Waals surface area (Å²) in [6, 6.07) is 8.57. The zero-order chi connectivity index (χ0) is 12.3. The van der Waals surface area contributed by atoms with Gasteiger partial charge >= 0.3 is 0 Å². The fourth-order valence-corrected chi connectivity index (χ4v) is 2.43. The normalized spacial score (nSPS) is 10.5. The Labute approximate surface area is 106 Å². The van der Waals surface area contributed by atoms with Crippen LogP contribution < -0.4 is 10.6 Å². The molecule has 0 atom stereocenters. The van der Waals surface area contributed by atoms with Crippen molar-refractivity contribution in [3.63, 3.8) is 0 Å². The van der Waals surface area contributed by atoms with Crippen LogP contribution in [0, 0.1) is 0 Å². The van der Waals surface area contributed by atoms with E-state index in [2.05, 4.69) is 41.1 Å². The molecule has 0 saturated heterocycles. The van der Waals surface area contributed by atoms with E-state index in [1.165, 1.54) is 5.56 Å². The maximum atomic E-state index is 5.57. The molecular weight excluding hydrogens is 230 g/mol. The van der Waals surface area contributed by atoms with Crippen molar-refractivity contribution < 1.29 is 0 Å². The second-order valence-corrected chi connectivity index (χ2v) is 4.74. The molecule has 1 aromatic carbocycles. The Morgan fingerprint density at radius 1 is 1.29 bits per heavy atom. The van der Waals surface area contributed by atoms with E-state index in [1.54, 1.807) is 11.3 Å². The number of nitrogens with two attached hydrogens (primary N) is 1. The zero-order valence-corrected chi connectivity index (χ0v) is 11.0.